The molecular weight excluding hydrogens is 1890 g/mol. The van der Waals surface area contributed by atoms with Gasteiger partial charge in [0.05, 0.1) is 6.54 Å². The van der Waals surface area contributed by atoms with Crippen LogP contribution in [0, 0.1) is 21.6 Å². The molecule has 0 aliphatic carbocycles. The Bertz CT molecular complexity index is 5910. The Morgan fingerprint density at radius 3 is 0.924 bits per heavy atom. The van der Waals surface area contributed by atoms with Crippen molar-refractivity contribution in [2.24, 2.45) is 152 Å². The van der Waals surface area contributed by atoms with Gasteiger partial charge in [0.15, 0.2) is 158 Å². The van der Waals surface area contributed by atoms with Crippen molar-refractivity contribution in [1.29, 1.82) is 21.6 Å². The number of guanidine groups is 16. The van der Waals surface area contributed by atoms with E-state index in [0.29, 0.717) is 108 Å². The first-order valence-corrected chi connectivity index (χ1v) is 42.8. The van der Waals surface area contributed by atoms with Crippen LogP contribution in [0.1, 0.15) is 44.5 Å². The van der Waals surface area contributed by atoms with Gasteiger partial charge in [0.1, 0.15) is 0 Å². The summed E-state index contributed by atoms with van der Waals surface area (Å²) < 4.78 is 0. The van der Waals surface area contributed by atoms with Gasteiger partial charge in [0.25, 0.3) is 0 Å². The van der Waals surface area contributed by atoms with E-state index >= 15 is 0 Å². The Morgan fingerprint density at radius 1 is 0.290 bits per heavy atom. The first kappa shape index (κ1) is 123. The summed E-state index contributed by atoms with van der Waals surface area (Å²) in [5.74, 6) is -1.53. The molecule has 8 aromatic carbocycles. The SMILES string of the molecule is CN(C(=N)N)C(N)=NCCc1ccc(O)c(O)c1.CN(C)C(N)=NC(N)=NCc1ccc(O)c(O)c1.CN(CCc1ccc(O)c(O)c1)C(=N)N(C)C(=N)N.CN(CCc1ccc(O)c(O)c1)C(=N)N=C(N)N.CN=C(N)NC(N)=NCCc1ccc(O)c(O)c1.CN=C(N=C(N)N)N(C)CCc1ccc(O)c(O)c1.CN=C(N=C(N)N)NCCc1ccc(O)c(O)c1.NC(N)=NC(N)=NCCc1ccc(O)c(O)c1. The maximum absolute atomic E-state index is 9.40. The first-order valence-electron chi connectivity index (χ1n) is 42.8. The zero-order chi connectivity index (χ0) is 110. The van der Waals surface area contributed by atoms with Crippen LogP contribution in [0.25, 0.3) is 0 Å². The number of phenols is 16. The molecule has 56 nitrogen and oxygen atoms in total. The van der Waals surface area contributed by atoms with Crippen LogP contribution in [0.15, 0.2) is 206 Å². The number of hydrogen-bond donors (Lipinski definition) is 38. The number of likely N-dealkylation sites (N-methyl/N-ethyl adjacent to an activating group) is 3. The normalized spacial score (nSPS) is 11.2. The molecule has 0 unspecified atom stereocenters. The fourth-order valence-electron chi connectivity index (χ4n) is 10.5. The predicted molar refractivity (Wildman–Crippen MR) is 566 cm³/mol. The van der Waals surface area contributed by atoms with E-state index in [1.54, 1.807) is 125 Å². The Hall–Kier alpha value is -19.5. The van der Waals surface area contributed by atoms with Gasteiger partial charge in [-0.25, -0.2) is 4.99 Å². The third-order valence-electron chi connectivity index (χ3n) is 18.7. The lowest BCUT2D eigenvalue weighted by Crippen LogP contribution is -2.46. The lowest BCUT2D eigenvalue weighted by Gasteiger charge is -2.26. The lowest BCUT2D eigenvalue weighted by molar-refractivity contribution is 0.402. The Labute approximate surface area is 836 Å². The average Bonchev–Trinajstić information content (AvgIpc) is 0.857. The molecule has 56 heteroatoms. The molecule has 54 N–H and O–H groups in total. The van der Waals surface area contributed by atoms with Crippen LogP contribution in [-0.2, 0) is 51.5 Å². The molecule has 0 aliphatic rings. The number of phenolic OH excluding ortho intramolecular Hbond substituents is 16. The van der Waals surface area contributed by atoms with Gasteiger partial charge in [-0.2, -0.15) is 25.0 Å². The second-order valence-corrected chi connectivity index (χ2v) is 30.3. The van der Waals surface area contributed by atoms with Gasteiger partial charge in [-0.15, -0.1) is 0 Å². The van der Waals surface area contributed by atoms with Crippen molar-refractivity contribution in [2.45, 2.75) is 51.5 Å². The minimum Gasteiger partial charge on any atom is -0.504 e. The van der Waals surface area contributed by atoms with Crippen LogP contribution in [0.4, 0.5) is 0 Å². The molecular formula is C89H138N40O16. The number of nitrogens with two attached hydrogens (primary N) is 16. The quantitative estimate of drug-likeness (QED) is 0.0182. The number of hydrogen-bond acceptors (Lipinski definition) is 27. The van der Waals surface area contributed by atoms with Gasteiger partial charge in [-0.1, -0.05) is 48.5 Å². The Kier molecular flexibility index (Phi) is 55.0. The summed E-state index contributed by atoms with van der Waals surface area (Å²) in [4.78, 5) is 55.4. The van der Waals surface area contributed by atoms with Gasteiger partial charge in [-0.05, 0) is 187 Å². The maximum Gasteiger partial charge on any atom is 0.223 e. The van der Waals surface area contributed by atoms with Crippen molar-refractivity contribution >= 4 is 95.4 Å². The molecule has 0 aromatic heterocycles. The summed E-state index contributed by atoms with van der Waals surface area (Å²) in [6.45, 7) is 3.66. The van der Waals surface area contributed by atoms with Crippen molar-refractivity contribution in [3.63, 3.8) is 0 Å². The molecule has 0 bridgehead atoms. The van der Waals surface area contributed by atoms with E-state index < -0.39 is 0 Å². The largest absolute Gasteiger partial charge is 0.504 e. The molecule has 0 radical (unpaired) electrons. The van der Waals surface area contributed by atoms with Crippen molar-refractivity contribution in [2.75, 3.05) is 116 Å². The molecule has 8 rings (SSSR count). The highest BCUT2D eigenvalue weighted by Crippen LogP contribution is 2.32. The van der Waals surface area contributed by atoms with E-state index in [9.17, 15) is 51.1 Å². The summed E-state index contributed by atoms with van der Waals surface area (Å²) >= 11 is 0. The molecule has 0 heterocycles. The molecule has 0 amide bonds. The van der Waals surface area contributed by atoms with Crippen molar-refractivity contribution in [3.05, 3.63) is 190 Å². The second-order valence-electron chi connectivity index (χ2n) is 30.3. The summed E-state index contributed by atoms with van der Waals surface area (Å²) in [5.41, 5.74) is 92.0. The molecule has 8 aromatic rings. The monoisotopic (exact) mass is 2020 g/mol. The molecule has 0 atom stereocenters. The first-order chi connectivity index (χ1) is 68.0. The third kappa shape index (κ3) is 51.5. The molecule has 0 saturated carbocycles. The minimum atomic E-state index is -0.197. The molecule has 145 heavy (non-hydrogen) atoms. The van der Waals surface area contributed by atoms with Crippen molar-refractivity contribution in [1.82, 2.24) is 40.0 Å². The highest BCUT2D eigenvalue weighted by atomic mass is 16.3. The smallest absolute Gasteiger partial charge is 0.223 e. The van der Waals surface area contributed by atoms with Gasteiger partial charge in [0, 0.05) is 116 Å². The number of nitrogens with zero attached hydrogens (tertiary/aromatic N) is 18. The van der Waals surface area contributed by atoms with Crippen LogP contribution in [0.5, 0.6) is 92.0 Å². The zero-order valence-electron chi connectivity index (χ0n) is 81.9. The van der Waals surface area contributed by atoms with E-state index in [1.165, 1.54) is 114 Å². The van der Waals surface area contributed by atoms with Crippen LogP contribution < -0.4 is 102 Å². The van der Waals surface area contributed by atoms with Crippen LogP contribution in [0.3, 0.4) is 0 Å². The maximum atomic E-state index is 9.40. The number of aliphatic imine (C=N–C) groups is 12. The molecule has 0 saturated heterocycles. The van der Waals surface area contributed by atoms with Gasteiger partial charge in [0.2, 0.25) is 29.8 Å². The van der Waals surface area contributed by atoms with Crippen LogP contribution >= 0.6 is 0 Å². The third-order valence-corrected chi connectivity index (χ3v) is 18.7. The van der Waals surface area contributed by atoms with Crippen molar-refractivity contribution < 1.29 is 81.7 Å². The van der Waals surface area contributed by atoms with E-state index in [1.807, 2.05) is 7.05 Å². The standard InChI is InChI=1S/2C12H19N5O2.5C11H17N5O2.C10H15N5O2/c1-16(12(15)17(2)11(13)14)6-5-8-3-4-9(18)10(19)7-8;1-15-12(16-11(13)14)17(2)6-5-8-3-4-9(18)10(19)7-8;1-16(2)11(13)15-10(12)14-6-7-3-4-8(17)9(18)5-7;1-14-10(12)16-11(13)15-5-4-7-2-3-8(17)9(18)6-7;1-16(11(14)15-10(12)13)5-4-7-2-3-8(17)9(18)6-7;1-16(10(12)13)11(14)15-5-4-7-2-3-8(17)9(18)6-7;1-14-11(16-10(12)13)15-5-4-7-2-3-8(17)9(18)6-7;11-9(12)15-10(13)14-4-3-6-1-2-7(16)8(17)5-6/h3-4,7,15,18-19H,5-6H2,1-2H3,(H3,13,14);3-4,7,18-19H,5-6H2,1-2H3,(H4,13,14,15,16);3-5,17-18H,6H2,1-2H3,(H4,12,13,14,15);2-3,6,17-18H,4-5H2,1H3,(H5,12,13,14,15,16);2-3,6,17-18H,4-5H2,1H3,(H5,12,13,14,15);2-3,6,17-18H,4-5H2,1H3,(H3,12,13)(H2,14,15);2-3,6,17-18H,4-5H2,1H3,(H5,12,13,14,15,16);1-2,5,16-17H,3-4H2,(H6,11,12,13,14,15). The molecule has 0 aliphatic heterocycles. The van der Waals surface area contributed by atoms with E-state index in [0.717, 1.165) is 38.9 Å². The number of benzene rings is 8. The number of aromatic hydroxyl groups is 16. The van der Waals surface area contributed by atoms with E-state index in [-0.39, 0.29) is 182 Å². The van der Waals surface area contributed by atoms with E-state index in [2.05, 4.69) is 70.5 Å². The summed E-state index contributed by atoms with van der Waals surface area (Å²) in [6, 6.07) is 36.8. The van der Waals surface area contributed by atoms with E-state index in [4.69, 9.17) is 144 Å². The fraction of sp³-hybridized carbons (Fsp3) is 0.281. The summed E-state index contributed by atoms with van der Waals surface area (Å²) in [5, 5.41) is 183. The van der Waals surface area contributed by atoms with Gasteiger partial charge >= 0.3 is 0 Å². The topological polar surface area (TPSA) is 1030 Å². The highest BCUT2D eigenvalue weighted by molar-refractivity contribution is 5.98. The number of rotatable bonds is 23. The fourth-order valence-corrected chi connectivity index (χ4v) is 10.5. The van der Waals surface area contributed by atoms with Crippen LogP contribution in [0.2, 0.25) is 0 Å². The highest BCUT2D eigenvalue weighted by Gasteiger charge is 2.16. The Morgan fingerprint density at radius 2 is 0.600 bits per heavy atom. The Balaban J connectivity index is 0.000000829. The minimum absolute atomic E-state index is 0.00741. The summed E-state index contributed by atoms with van der Waals surface area (Å²) in [7, 11) is 16.5. The predicted octanol–water partition coefficient (Wildman–Crippen LogP) is -2.28. The lowest BCUT2D eigenvalue weighted by atomic mass is 10.1. The molecule has 0 fully saturated rings. The summed E-state index contributed by atoms with van der Waals surface area (Å²) in [6.07, 6.45) is 4.16. The van der Waals surface area contributed by atoms with Crippen molar-refractivity contribution in [3.8, 4) is 92.0 Å². The van der Waals surface area contributed by atoms with Crippen LogP contribution in [-0.4, -0.2) is 323 Å². The van der Waals surface area contributed by atoms with Gasteiger partial charge in [-0.3, -0.25) is 66.7 Å². The van der Waals surface area contributed by atoms with Gasteiger partial charge < -0.3 is 198 Å². The molecule has 0 spiro atoms. The molecule has 790 valence electrons. The number of nitrogens with one attached hydrogen (secondary N) is 6. The average molecular weight is 2020 g/mol. The second kappa shape index (κ2) is 64.5. The zero-order valence-corrected chi connectivity index (χ0v) is 81.9.